The van der Waals surface area contributed by atoms with E-state index in [1.165, 1.54) is 12.1 Å². The lowest BCUT2D eigenvalue weighted by atomic mass is 9.86. The highest BCUT2D eigenvalue weighted by Gasteiger charge is 2.36. The first kappa shape index (κ1) is 26.4. The van der Waals surface area contributed by atoms with E-state index in [4.69, 9.17) is 5.73 Å². The molecule has 2 aliphatic rings. The second kappa shape index (κ2) is 10.9. The Balaban J connectivity index is 1.44. The van der Waals surface area contributed by atoms with Crippen molar-refractivity contribution in [1.29, 1.82) is 0 Å². The third-order valence-corrected chi connectivity index (χ3v) is 7.47. The number of amides is 2. The molecular formula is C30H33FN6O2. The number of aromatic amines is 1. The average Bonchev–Trinajstić information content (AvgIpc) is 3.53. The molecule has 3 heterocycles. The van der Waals surface area contributed by atoms with E-state index in [0.29, 0.717) is 29.3 Å². The van der Waals surface area contributed by atoms with Crippen LogP contribution in [0.25, 0.3) is 11.6 Å². The first-order valence-electron chi connectivity index (χ1n) is 13.2. The molecule has 0 atom stereocenters. The van der Waals surface area contributed by atoms with Crippen LogP contribution in [0.3, 0.4) is 0 Å². The highest BCUT2D eigenvalue weighted by Crippen LogP contribution is 2.41. The third-order valence-electron chi connectivity index (χ3n) is 7.47. The molecule has 1 saturated carbocycles. The third kappa shape index (κ3) is 5.66. The summed E-state index contributed by atoms with van der Waals surface area (Å²) in [5.74, 6) is 4.60. The van der Waals surface area contributed by atoms with E-state index in [1.54, 1.807) is 35.1 Å². The number of rotatable bonds is 5. The number of aryl methyl sites for hydroxylation is 3. The number of nitrogens with zero attached hydrogens (tertiary/aromatic N) is 3. The van der Waals surface area contributed by atoms with Gasteiger partial charge in [0.05, 0.1) is 35.1 Å². The molecule has 2 amide bonds. The normalized spacial score (nSPS) is 19.7. The number of hydrogen-bond donors (Lipinski definition) is 3. The minimum atomic E-state index is -0.685. The van der Waals surface area contributed by atoms with Crippen molar-refractivity contribution in [2.24, 2.45) is 18.7 Å². The predicted molar refractivity (Wildman–Crippen MR) is 149 cm³/mol. The number of hydrogen-bond acceptors (Lipinski definition) is 4. The van der Waals surface area contributed by atoms with Crippen LogP contribution in [0.1, 0.15) is 64.1 Å². The Labute approximate surface area is 227 Å². The summed E-state index contributed by atoms with van der Waals surface area (Å²) in [5, 5.41) is 6.72. The van der Waals surface area contributed by atoms with E-state index in [2.05, 4.69) is 27.2 Å². The van der Waals surface area contributed by atoms with Gasteiger partial charge in [0.2, 0.25) is 0 Å². The molecule has 0 bridgehead atoms. The van der Waals surface area contributed by atoms with Crippen LogP contribution in [-0.4, -0.2) is 45.7 Å². The Morgan fingerprint density at radius 2 is 2.03 bits per heavy atom. The number of nitrogens with two attached hydrogens (primary N) is 1. The molecule has 1 aliphatic heterocycles. The van der Waals surface area contributed by atoms with Gasteiger partial charge in [0.1, 0.15) is 5.82 Å². The number of benzene rings is 1. The fourth-order valence-electron chi connectivity index (χ4n) is 5.39. The first-order valence-corrected chi connectivity index (χ1v) is 13.2. The summed E-state index contributed by atoms with van der Waals surface area (Å²) in [6.07, 6.45) is 8.87. The number of carbonyl (C=O) groups is 2. The summed E-state index contributed by atoms with van der Waals surface area (Å²) in [6, 6.07) is 5.00. The lowest BCUT2D eigenvalue weighted by Crippen LogP contribution is -2.36. The lowest BCUT2D eigenvalue weighted by Gasteiger charge is -2.30. The topological polar surface area (TPSA) is 109 Å². The maximum atomic E-state index is 15.3. The van der Waals surface area contributed by atoms with Crippen molar-refractivity contribution in [3.8, 4) is 11.8 Å². The maximum absolute atomic E-state index is 15.3. The molecule has 2 aromatic heterocycles. The van der Waals surface area contributed by atoms with Gasteiger partial charge < -0.3 is 20.9 Å². The molecule has 1 fully saturated rings. The molecule has 5 rings (SSSR count). The van der Waals surface area contributed by atoms with E-state index in [-0.39, 0.29) is 24.1 Å². The molecule has 0 saturated heterocycles. The van der Waals surface area contributed by atoms with Crippen molar-refractivity contribution in [2.75, 3.05) is 18.0 Å². The van der Waals surface area contributed by atoms with Gasteiger partial charge in [-0.05, 0) is 75.3 Å². The van der Waals surface area contributed by atoms with Crippen LogP contribution in [0.5, 0.6) is 0 Å². The fraction of sp³-hybridized carbons (Fsp3) is 0.367. The van der Waals surface area contributed by atoms with Gasteiger partial charge >= 0.3 is 0 Å². The Hall–Kier alpha value is -4.16. The molecule has 202 valence electrons. The van der Waals surface area contributed by atoms with Gasteiger partial charge in [0.15, 0.2) is 0 Å². The Morgan fingerprint density at radius 1 is 1.26 bits per heavy atom. The summed E-state index contributed by atoms with van der Waals surface area (Å²) in [5.41, 5.74) is 10.9. The number of nitrogens with one attached hydrogen (secondary N) is 2. The number of carbonyl (C=O) groups excluding carboxylic acids is 2. The van der Waals surface area contributed by atoms with Crippen LogP contribution in [0.15, 0.2) is 30.6 Å². The number of aromatic nitrogens is 3. The second-order valence-corrected chi connectivity index (χ2v) is 10.5. The van der Waals surface area contributed by atoms with Crippen molar-refractivity contribution in [1.82, 2.24) is 20.1 Å². The van der Waals surface area contributed by atoms with Gasteiger partial charge in [-0.25, -0.2) is 4.39 Å². The van der Waals surface area contributed by atoms with Crippen LogP contribution in [0, 0.1) is 37.4 Å². The second-order valence-electron chi connectivity index (χ2n) is 10.5. The van der Waals surface area contributed by atoms with E-state index < -0.39 is 11.7 Å². The fourth-order valence-corrected chi connectivity index (χ4v) is 5.39. The van der Waals surface area contributed by atoms with Crippen LogP contribution < -0.4 is 16.0 Å². The Kier molecular flexibility index (Phi) is 7.40. The van der Waals surface area contributed by atoms with Crippen LogP contribution >= 0.6 is 0 Å². The van der Waals surface area contributed by atoms with Gasteiger partial charge in [0.25, 0.3) is 11.8 Å². The van der Waals surface area contributed by atoms with Gasteiger partial charge in [-0.15, -0.1) is 0 Å². The predicted octanol–water partition coefficient (Wildman–Crippen LogP) is 3.69. The van der Waals surface area contributed by atoms with Crippen LogP contribution in [0.4, 0.5) is 10.1 Å². The van der Waals surface area contributed by atoms with Crippen molar-refractivity contribution >= 4 is 29.2 Å². The van der Waals surface area contributed by atoms with E-state index in [1.807, 2.05) is 19.9 Å². The van der Waals surface area contributed by atoms with Gasteiger partial charge in [-0.2, -0.15) is 5.10 Å². The molecule has 1 aromatic carbocycles. The number of anilines is 1. The largest absolute Gasteiger partial charge is 0.359 e. The smallest absolute Gasteiger partial charge is 0.259 e. The molecular weight excluding hydrogens is 495 g/mol. The van der Waals surface area contributed by atoms with E-state index >= 15 is 4.39 Å². The van der Waals surface area contributed by atoms with E-state index in [9.17, 15) is 9.59 Å². The van der Waals surface area contributed by atoms with Gasteiger partial charge in [0, 0.05) is 42.8 Å². The van der Waals surface area contributed by atoms with Crippen LogP contribution in [0.2, 0.25) is 0 Å². The zero-order chi connectivity index (χ0) is 27.7. The highest BCUT2D eigenvalue weighted by atomic mass is 19.1. The average molecular weight is 529 g/mol. The first-order chi connectivity index (χ1) is 18.7. The zero-order valence-corrected chi connectivity index (χ0v) is 22.5. The molecule has 0 unspecified atom stereocenters. The van der Waals surface area contributed by atoms with Crippen LogP contribution in [-0.2, 0) is 11.8 Å². The molecule has 4 N–H and O–H groups in total. The summed E-state index contributed by atoms with van der Waals surface area (Å²) in [6.45, 7) is 4.46. The minimum absolute atomic E-state index is 0.0475. The summed E-state index contributed by atoms with van der Waals surface area (Å²) < 4.78 is 17.0. The van der Waals surface area contributed by atoms with Gasteiger partial charge in [-0.1, -0.05) is 11.8 Å². The summed E-state index contributed by atoms with van der Waals surface area (Å²) >= 11 is 0. The number of fused-ring (bicyclic) bond motifs is 1. The van der Waals surface area contributed by atoms with Gasteiger partial charge in [-0.3, -0.25) is 14.3 Å². The molecule has 0 radical (unpaired) electrons. The number of halogens is 1. The summed E-state index contributed by atoms with van der Waals surface area (Å²) in [7, 11) is 1.79. The minimum Gasteiger partial charge on any atom is -0.359 e. The molecule has 39 heavy (non-hydrogen) atoms. The monoisotopic (exact) mass is 528 g/mol. The zero-order valence-electron chi connectivity index (χ0n) is 22.5. The molecule has 9 heteroatoms. The van der Waals surface area contributed by atoms with Crippen molar-refractivity contribution < 1.29 is 14.0 Å². The molecule has 0 spiro atoms. The number of H-pyrrole nitrogens is 1. The SMILES string of the molecule is Cc1cc(C)c(/C=C2\C(=O)N(CC3CCC(N)CC3)c3cc(C(=O)NCC#Cc4cnn(C)c4)c(F)cc32)[nH]1. The molecule has 1 aliphatic carbocycles. The standard InChI is InChI=1S/C30H33FN6O2/c1-18-11-19(2)35-27(18)13-24-23-12-26(31)25(29(38)33-10-4-5-21-15-34-36(3)16-21)14-28(23)37(30(24)39)17-20-6-8-22(32)9-7-20/h11-16,20,22,35H,6-10,17,32H2,1-3H3,(H,33,38)/b24-13-. The van der Waals surface area contributed by atoms with Crippen molar-refractivity contribution in [3.63, 3.8) is 0 Å². The highest BCUT2D eigenvalue weighted by molar-refractivity contribution is 6.36. The van der Waals surface area contributed by atoms with E-state index in [0.717, 1.165) is 48.2 Å². The Bertz CT molecular complexity index is 1510. The Morgan fingerprint density at radius 3 is 2.69 bits per heavy atom. The van der Waals surface area contributed by atoms with Crippen molar-refractivity contribution in [2.45, 2.75) is 45.6 Å². The van der Waals surface area contributed by atoms with Crippen molar-refractivity contribution in [3.05, 3.63) is 70.1 Å². The quantitative estimate of drug-likeness (QED) is 0.347. The molecule has 8 nitrogen and oxygen atoms in total. The molecule has 3 aromatic rings. The summed E-state index contributed by atoms with van der Waals surface area (Å²) in [4.78, 5) is 31.6. The maximum Gasteiger partial charge on any atom is 0.259 e. The lowest BCUT2D eigenvalue weighted by molar-refractivity contribution is -0.113.